The van der Waals surface area contributed by atoms with E-state index in [1.54, 1.807) is 0 Å². The fourth-order valence-corrected chi connectivity index (χ4v) is 2.69. The molecule has 0 spiro atoms. The van der Waals surface area contributed by atoms with Crippen molar-refractivity contribution in [1.82, 2.24) is 0 Å². The van der Waals surface area contributed by atoms with Crippen LogP contribution in [0, 0.1) is 0 Å². The van der Waals surface area contributed by atoms with E-state index in [2.05, 4.69) is 0 Å². The number of hydrogen-bond donors (Lipinski definition) is 0. The molecule has 2 aromatic rings. The van der Waals surface area contributed by atoms with E-state index in [1.807, 2.05) is 55.5 Å². The van der Waals surface area contributed by atoms with Gasteiger partial charge in [0.1, 0.15) is 0 Å². The smallest absolute Gasteiger partial charge is 0.264 e. The number of halogens is 1. The third-order valence-corrected chi connectivity index (χ3v) is 4.07. The normalized spacial score (nSPS) is 13.1. The molecule has 0 aliphatic carbocycles. The summed E-state index contributed by atoms with van der Waals surface area (Å²) in [7, 11) is -3.42. The number of hydrogen-bond acceptors (Lipinski definition) is 3. The topological polar surface area (TPSA) is 43.4 Å². The first-order valence-electron chi connectivity index (χ1n) is 6.56. The molecule has 1 atom stereocenters. The Balaban J connectivity index is 2.27. The second kappa shape index (κ2) is 6.60. The van der Waals surface area contributed by atoms with E-state index in [0.29, 0.717) is 5.02 Å². The van der Waals surface area contributed by atoms with Crippen LogP contribution in [0.15, 0.2) is 48.5 Å². The Bertz CT molecular complexity index is 712. The minimum Gasteiger partial charge on any atom is -0.270 e. The van der Waals surface area contributed by atoms with Crippen LogP contribution in [0.4, 0.5) is 0 Å². The highest BCUT2D eigenvalue weighted by Gasteiger charge is 2.12. The van der Waals surface area contributed by atoms with E-state index in [9.17, 15) is 8.42 Å². The molecule has 0 saturated carbocycles. The predicted molar refractivity (Wildman–Crippen MR) is 86.1 cm³/mol. The molecule has 112 valence electrons. The lowest BCUT2D eigenvalue weighted by Gasteiger charge is -2.14. The summed E-state index contributed by atoms with van der Waals surface area (Å²) in [5.41, 5.74) is 2.95. The van der Waals surface area contributed by atoms with Crippen molar-refractivity contribution in [3.8, 4) is 11.1 Å². The van der Waals surface area contributed by atoms with Gasteiger partial charge in [-0.25, -0.2) is 0 Å². The highest BCUT2D eigenvalue weighted by atomic mass is 35.5. The summed E-state index contributed by atoms with van der Waals surface area (Å²) in [6.45, 7) is 2.04. The first-order valence-corrected chi connectivity index (χ1v) is 8.75. The van der Waals surface area contributed by atoms with Crippen molar-refractivity contribution in [1.29, 1.82) is 0 Å². The molecule has 0 fully saturated rings. The average molecular weight is 325 g/mol. The van der Waals surface area contributed by atoms with E-state index in [1.165, 1.54) is 0 Å². The maximum Gasteiger partial charge on any atom is 0.264 e. The second-order valence-electron chi connectivity index (χ2n) is 4.99. The van der Waals surface area contributed by atoms with Crippen LogP contribution in [-0.4, -0.2) is 21.3 Å². The maximum atomic E-state index is 11.1. The predicted octanol–water partition coefficient (Wildman–Crippen LogP) is 4.09. The molecule has 0 aliphatic heterocycles. The van der Waals surface area contributed by atoms with Gasteiger partial charge in [-0.05, 0) is 23.3 Å². The third-order valence-electron chi connectivity index (χ3n) is 3.18. The first kappa shape index (κ1) is 16.0. The Morgan fingerprint density at radius 1 is 1.14 bits per heavy atom. The van der Waals surface area contributed by atoms with Crippen molar-refractivity contribution in [2.75, 3.05) is 12.9 Å². The molecule has 0 heterocycles. The minimum absolute atomic E-state index is 0.0422. The molecule has 0 saturated heterocycles. The summed E-state index contributed by atoms with van der Waals surface area (Å²) < 4.78 is 27.0. The van der Waals surface area contributed by atoms with Gasteiger partial charge in [0.2, 0.25) is 0 Å². The van der Waals surface area contributed by atoms with Gasteiger partial charge in [-0.2, -0.15) is 8.42 Å². The summed E-state index contributed by atoms with van der Waals surface area (Å²) in [4.78, 5) is 0. The van der Waals surface area contributed by atoms with Crippen LogP contribution < -0.4 is 0 Å². The van der Waals surface area contributed by atoms with Crippen LogP contribution in [0.25, 0.3) is 11.1 Å². The molecule has 21 heavy (non-hydrogen) atoms. The molecule has 0 aliphatic rings. The van der Waals surface area contributed by atoms with Crippen molar-refractivity contribution < 1.29 is 12.6 Å². The van der Waals surface area contributed by atoms with Crippen molar-refractivity contribution in [2.24, 2.45) is 0 Å². The van der Waals surface area contributed by atoms with E-state index in [0.717, 1.165) is 22.9 Å². The van der Waals surface area contributed by atoms with Gasteiger partial charge >= 0.3 is 0 Å². The van der Waals surface area contributed by atoms with Gasteiger partial charge in [0.05, 0.1) is 12.9 Å². The molecule has 0 radical (unpaired) electrons. The van der Waals surface area contributed by atoms with Crippen LogP contribution in [0.2, 0.25) is 5.02 Å². The molecule has 5 heteroatoms. The maximum absolute atomic E-state index is 11.1. The van der Waals surface area contributed by atoms with Crippen LogP contribution in [0.3, 0.4) is 0 Å². The lowest BCUT2D eigenvalue weighted by Crippen LogP contribution is -2.10. The Labute approximate surface area is 130 Å². The fourth-order valence-electron chi connectivity index (χ4n) is 2.01. The standard InChI is InChI=1S/C16H17ClO3S/c1-12(11-20-21(2,18)19)14-8-9-16(17)15(10-14)13-6-4-3-5-7-13/h3-10,12H,11H2,1-2H3/t12-/m1/s1. The summed E-state index contributed by atoms with van der Waals surface area (Å²) in [6.07, 6.45) is 1.05. The zero-order valence-electron chi connectivity index (χ0n) is 11.9. The Morgan fingerprint density at radius 2 is 1.81 bits per heavy atom. The zero-order chi connectivity index (χ0) is 15.5. The molecule has 2 rings (SSSR count). The minimum atomic E-state index is -3.42. The van der Waals surface area contributed by atoms with Crippen LogP contribution >= 0.6 is 11.6 Å². The van der Waals surface area contributed by atoms with E-state index >= 15 is 0 Å². The average Bonchev–Trinajstić information content (AvgIpc) is 2.45. The van der Waals surface area contributed by atoms with Gasteiger partial charge < -0.3 is 0 Å². The highest BCUT2D eigenvalue weighted by Crippen LogP contribution is 2.31. The molecule has 0 N–H and O–H groups in total. The Hall–Kier alpha value is -1.36. The lowest BCUT2D eigenvalue weighted by atomic mass is 9.97. The van der Waals surface area contributed by atoms with Gasteiger partial charge in [-0.3, -0.25) is 4.18 Å². The van der Waals surface area contributed by atoms with Gasteiger partial charge in [-0.1, -0.05) is 54.9 Å². The second-order valence-corrected chi connectivity index (χ2v) is 7.05. The monoisotopic (exact) mass is 324 g/mol. The van der Waals surface area contributed by atoms with Crippen molar-refractivity contribution in [3.05, 3.63) is 59.1 Å². The van der Waals surface area contributed by atoms with Crippen molar-refractivity contribution in [2.45, 2.75) is 12.8 Å². The van der Waals surface area contributed by atoms with Gasteiger partial charge in [0, 0.05) is 16.5 Å². The van der Waals surface area contributed by atoms with Gasteiger partial charge in [0.15, 0.2) is 0 Å². The van der Waals surface area contributed by atoms with Crippen molar-refractivity contribution in [3.63, 3.8) is 0 Å². The van der Waals surface area contributed by atoms with E-state index < -0.39 is 10.1 Å². The van der Waals surface area contributed by atoms with E-state index in [-0.39, 0.29) is 12.5 Å². The van der Waals surface area contributed by atoms with Gasteiger partial charge in [-0.15, -0.1) is 0 Å². The molecule has 0 bridgehead atoms. The third kappa shape index (κ3) is 4.56. The zero-order valence-corrected chi connectivity index (χ0v) is 13.5. The lowest BCUT2D eigenvalue weighted by molar-refractivity contribution is 0.301. The molecular formula is C16H17ClO3S. The van der Waals surface area contributed by atoms with Crippen molar-refractivity contribution >= 4 is 21.7 Å². The first-order chi connectivity index (χ1) is 9.87. The van der Waals surface area contributed by atoms with Crippen LogP contribution in [0.5, 0.6) is 0 Å². The largest absolute Gasteiger partial charge is 0.270 e. The number of benzene rings is 2. The summed E-state index contributed by atoms with van der Waals surface area (Å²) >= 11 is 6.26. The molecule has 2 aromatic carbocycles. The Kier molecular flexibility index (Phi) is 5.04. The summed E-state index contributed by atoms with van der Waals surface area (Å²) in [5, 5.41) is 0.668. The molecular weight excluding hydrogens is 308 g/mol. The summed E-state index contributed by atoms with van der Waals surface area (Å²) in [6, 6.07) is 15.5. The number of rotatable bonds is 5. The SMILES string of the molecule is C[C@H](COS(C)(=O)=O)c1ccc(Cl)c(-c2ccccc2)c1. The molecule has 0 aromatic heterocycles. The Morgan fingerprint density at radius 3 is 2.43 bits per heavy atom. The quantitative estimate of drug-likeness (QED) is 0.778. The fraction of sp³-hybridized carbons (Fsp3) is 0.250. The summed E-state index contributed by atoms with van der Waals surface area (Å²) in [5.74, 6) is -0.0422. The van der Waals surface area contributed by atoms with Gasteiger partial charge in [0.25, 0.3) is 10.1 Å². The van der Waals surface area contributed by atoms with Crippen LogP contribution in [-0.2, 0) is 14.3 Å². The molecule has 0 unspecified atom stereocenters. The highest BCUT2D eigenvalue weighted by molar-refractivity contribution is 7.85. The van der Waals surface area contributed by atoms with Crippen LogP contribution in [0.1, 0.15) is 18.4 Å². The van der Waals surface area contributed by atoms with E-state index in [4.69, 9.17) is 15.8 Å². The molecule has 0 amide bonds. The molecule has 3 nitrogen and oxygen atoms in total.